The van der Waals surface area contributed by atoms with Crippen molar-refractivity contribution >= 4 is 27.3 Å². The lowest BCUT2D eigenvalue weighted by molar-refractivity contribution is 0.174. The van der Waals surface area contributed by atoms with E-state index in [2.05, 4.69) is 20.9 Å². The van der Waals surface area contributed by atoms with Gasteiger partial charge in [0.2, 0.25) is 5.88 Å². The first kappa shape index (κ1) is 12.5. The van der Waals surface area contributed by atoms with Gasteiger partial charge in [0.1, 0.15) is 0 Å². The fourth-order valence-corrected chi connectivity index (χ4v) is 3.08. The van der Waals surface area contributed by atoms with Crippen LogP contribution < -0.4 is 4.74 Å². The van der Waals surface area contributed by atoms with Gasteiger partial charge in [0.25, 0.3) is 0 Å². The highest BCUT2D eigenvalue weighted by atomic mass is 79.9. The first-order valence-electron chi connectivity index (χ1n) is 5.10. The SMILES string of the molecule is COc1ncccc1C(O)Cc1cc(Br)cs1. The minimum Gasteiger partial charge on any atom is -0.481 e. The van der Waals surface area contributed by atoms with Gasteiger partial charge in [-0.05, 0) is 34.1 Å². The number of rotatable bonds is 4. The second-order valence-corrected chi connectivity index (χ2v) is 5.46. The molecule has 0 spiro atoms. The normalized spacial score (nSPS) is 12.4. The number of aromatic nitrogens is 1. The molecule has 2 aromatic rings. The molecule has 1 N–H and O–H groups in total. The lowest BCUT2D eigenvalue weighted by atomic mass is 10.1. The third-order valence-electron chi connectivity index (χ3n) is 2.37. The predicted molar refractivity (Wildman–Crippen MR) is 71.5 cm³/mol. The van der Waals surface area contributed by atoms with E-state index in [9.17, 15) is 5.11 Å². The number of ether oxygens (including phenoxy) is 1. The summed E-state index contributed by atoms with van der Waals surface area (Å²) in [5.41, 5.74) is 0.722. The van der Waals surface area contributed by atoms with E-state index in [0.29, 0.717) is 12.3 Å². The molecular formula is C12H12BrNO2S. The molecule has 2 rings (SSSR count). The second-order valence-electron chi connectivity index (χ2n) is 3.55. The van der Waals surface area contributed by atoms with Gasteiger partial charge in [-0.25, -0.2) is 4.98 Å². The molecule has 0 aromatic carbocycles. The maximum absolute atomic E-state index is 10.2. The van der Waals surface area contributed by atoms with Crippen LogP contribution in [-0.4, -0.2) is 17.2 Å². The largest absolute Gasteiger partial charge is 0.481 e. The van der Waals surface area contributed by atoms with E-state index in [4.69, 9.17) is 4.74 Å². The number of hydrogen-bond donors (Lipinski definition) is 1. The predicted octanol–water partition coefficient (Wildman–Crippen LogP) is 3.19. The Hall–Kier alpha value is -0.910. The Bertz CT molecular complexity index is 501. The summed E-state index contributed by atoms with van der Waals surface area (Å²) in [6, 6.07) is 5.64. The zero-order valence-electron chi connectivity index (χ0n) is 9.26. The van der Waals surface area contributed by atoms with E-state index in [1.807, 2.05) is 17.5 Å². The summed E-state index contributed by atoms with van der Waals surface area (Å²) in [7, 11) is 1.56. The average molecular weight is 314 g/mol. The highest BCUT2D eigenvalue weighted by Gasteiger charge is 2.15. The molecule has 0 radical (unpaired) electrons. The van der Waals surface area contributed by atoms with Gasteiger partial charge in [-0.3, -0.25) is 0 Å². The highest BCUT2D eigenvalue weighted by molar-refractivity contribution is 9.10. The van der Waals surface area contributed by atoms with Gasteiger partial charge in [-0.15, -0.1) is 11.3 Å². The monoisotopic (exact) mass is 313 g/mol. The molecule has 5 heteroatoms. The summed E-state index contributed by atoms with van der Waals surface area (Å²) >= 11 is 5.02. The molecule has 1 atom stereocenters. The molecule has 0 aliphatic carbocycles. The Morgan fingerprint density at radius 3 is 3.06 bits per heavy atom. The zero-order valence-corrected chi connectivity index (χ0v) is 11.7. The summed E-state index contributed by atoms with van der Waals surface area (Å²) in [6.07, 6.45) is 1.62. The van der Waals surface area contributed by atoms with Crippen molar-refractivity contribution in [3.05, 3.63) is 44.7 Å². The standard InChI is InChI=1S/C12H12BrNO2S/c1-16-12-10(3-2-4-14-12)11(15)6-9-5-8(13)7-17-9/h2-5,7,11,15H,6H2,1H3. The molecule has 90 valence electrons. The molecule has 0 saturated heterocycles. The molecule has 0 fully saturated rings. The van der Waals surface area contributed by atoms with Gasteiger partial charge in [0, 0.05) is 32.9 Å². The van der Waals surface area contributed by atoms with Gasteiger partial charge in [0.15, 0.2) is 0 Å². The molecule has 1 unspecified atom stereocenters. The van der Waals surface area contributed by atoms with E-state index < -0.39 is 6.10 Å². The molecule has 0 aliphatic rings. The number of pyridine rings is 1. The van der Waals surface area contributed by atoms with Crippen molar-refractivity contribution in [3.63, 3.8) is 0 Å². The van der Waals surface area contributed by atoms with Crippen LogP contribution in [0.25, 0.3) is 0 Å². The van der Waals surface area contributed by atoms with Crippen LogP contribution in [0.5, 0.6) is 5.88 Å². The van der Waals surface area contributed by atoms with Crippen molar-refractivity contribution in [2.24, 2.45) is 0 Å². The van der Waals surface area contributed by atoms with E-state index in [1.54, 1.807) is 30.7 Å². The Morgan fingerprint density at radius 2 is 2.41 bits per heavy atom. The molecule has 0 saturated carbocycles. The van der Waals surface area contributed by atoms with Crippen LogP contribution in [0.1, 0.15) is 16.5 Å². The lowest BCUT2D eigenvalue weighted by Gasteiger charge is -2.12. The molecule has 2 heterocycles. The summed E-state index contributed by atoms with van der Waals surface area (Å²) in [5.74, 6) is 0.482. The van der Waals surface area contributed by atoms with Crippen LogP contribution >= 0.6 is 27.3 Å². The van der Waals surface area contributed by atoms with Gasteiger partial charge >= 0.3 is 0 Å². The minimum absolute atomic E-state index is 0.482. The fourth-order valence-electron chi connectivity index (χ4n) is 1.59. The van der Waals surface area contributed by atoms with Crippen LogP contribution in [0.15, 0.2) is 34.2 Å². The van der Waals surface area contributed by atoms with Crippen molar-refractivity contribution in [2.45, 2.75) is 12.5 Å². The van der Waals surface area contributed by atoms with E-state index in [-0.39, 0.29) is 0 Å². The van der Waals surface area contributed by atoms with Crippen LogP contribution in [0.4, 0.5) is 0 Å². The van der Waals surface area contributed by atoms with Crippen LogP contribution in [-0.2, 0) is 6.42 Å². The maximum Gasteiger partial charge on any atom is 0.218 e. The Morgan fingerprint density at radius 1 is 1.59 bits per heavy atom. The molecule has 3 nitrogen and oxygen atoms in total. The van der Waals surface area contributed by atoms with Crippen molar-refractivity contribution in [2.75, 3.05) is 7.11 Å². The lowest BCUT2D eigenvalue weighted by Crippen LogP contribution is -2.04. The molecule has 0 amide bonds. The molecule has 2 aromatic heterocycles. The van der Waals surface area contributed by atoms with Gasteiger partial charge in [-0.2, -0.15) is 0 Å². The topological polar surface area (TPSA) is 42.4 Å². The van der Waals surface area contributed by atoms with Crippen LogP contribution in [0.3, 0.4) is 0 Å². The van der Waals surface area contributed by atoms with Crippen LogP contribution in [0.2, 0.25) is 0 Å². The maximum atomic E-state index is 10.2. The first-order chi connectivity index (χ1) is 8.20. The smallest absolute Gasteiger partial charge is 0.218 e. The molecule has 0 aliphatic heterocycles. The molecule has 0 bridgehead atoms. The zero-order chi connectivity index (χ0) is 12.3. The third-order valence-corrected chi connectivity index (χ3v) is 4.09. The summed E-state index contributed by atoms with van der Waals surface area (Å²) < 4.78 is 6.18. The summed E-state index contributed by atoms with van der Waals surface area (Å²) in [4.78, 5) is 5.20. The van der Waals surface area contributed by atoms with Crippen molar-refractivity contribution < 1.29 is 9.84 Å². The quantitative estimate of drug-likeness (QED) is 0.942. The number of aliphatic hydroxyl groups excluding tert-OH is 1. The number of hydrogen-bond acceptors (Lipinski definition) is 4. The molecule has 17 heavy (non-hydrogen) atoms. The Labute approximate surface area is 112 Å². The Kier molecular flexibility index (Phi) is 4.15. The fraction of sp³-hybridized carbons (Fsp3) is 0.250. The number of methoxy groups -OCH3 is 1. The van der Waals surface area contributed by atoms with E-state index in [1.165, 1.54) is 0 Å². The van der Waals surface area contributed by atoms with E-state index >= 15 is 0 Å². The van der Waals surface area contributed by atoms with Gasteiger partial charge in [0.05, 0.1) is 13.2 Å². The summed E-state index contributed by atoms with van der Waals surface area (Å²) in [6.45, 7) is 0. The second kappa shape index (κ2) is 5.62. The van der Waals surface area contributed by atoms with Crippen molar-refractivity contribution in [1.29, 1.82) is 0 Å². The average Bonchev–Trinajstić information content (AvgIpc) is 2.74. The Balaban J connectivity index is 2.16. The van der Waals surface area contributed by atoms with Gasteiger partial charge < -0.3 is 9.84 Å². The van der Waals surface area contributed by atoms with Crippen LogP contribution in [0, 0.1) is 0 Å². The first-order valence-corrected chi connectivity index (χ1v) is 6.78. The summed E-state index contributed by atoms with van der Waals surface area (Å²) in [5, 5.41) is 12.2. The van der Waals surface area contributed by atoms with Gasteiger partial charge in [-0.1, -0.05) is 0 Å². The third kappa shape index (κ3) is 3.06. The van der Waals surface area contributed by atoms with Crippen molar-refractivity contribution in [3.8, 4) is 5.88 Å². The number of aliphatic hydroxyl groups is 1. The minimum atomic E-state index is -0.593. The molecular weight excluding hydrogens is 302 g/mol. The number of thiophene rings is 1. The number of halogens is 1. The highest BCUT2D eigenvalue weighted by Crippen LogP contribution is 2.28. The van der Waals surface area contributed by atoms with E-state index in [0.717, 1.165) is 14.9 Å². The van der Waals surface area contributed by atoms with Crippen molar-refractivity contribution in [1.82, 2.24) is 4.98 Å². The number of nitrogens with zero attached hydrogens (tertiary/aromatic N) is 1.